The zero-order chi connectivity index (χ0) is 22.2. The SMILES string of the molecule is CO/N=C1\C(=O)N(Cc2cc(F)cc3c2OCOC3)c2cccc(-c3ccc(F)cc3)c21. The summed E-state index contributed by atoms with van der Waals surface area (Å²) >= 11 is 0. The van der Waals surface area contributed by atoms with Crippen LogP contribution in [0.4, 0.5) is 14.5 Å². The van der Waals surface area contributed by atoms with Crippen LogP contribution in [0, 0.1) is 11.6 Å². The molecule has 0 aliphatic carbocycles. The molecule has 0 saturated heterocycles. The molecule has 2 heterocycles. The van der Waals surface area contributed by atoms with Crippen LogP contribution < -0.4 is 9.64 Å². The van der Waals surface area contributed by atoms with Gasteiger partial charge in [-0.05, 0) is 41.5 Å². The van der Waals surface area contributed by atoms with Crippen LogP contribution in [0.5, 0.6) is 5.75 Å². The molecule has 6 nitrogen and oxygen atoms in total. The molecule has 5 rings (SSSR count). The number of benzene rings is 3. The average Bonchev–Trinajstić information content (AvgIpc) is 3.06. The Bertz CT molecular complexity index is 1240. The minimum Gasteiger partial charge on any atom is -0.467 e. The van der Waals surface area contributed by atoms with Gasteiger partial charge in [-0.15, -0.1) is 0 Å². The van der Waals surface area contributed by atoms with E-state index >= 15 is 0 Å². The van der Waals surface area contributed by atoms with Gasteiger partial charge in [-0.2, -0.15) is 0 Å². The maximum absolute atomic E-state index is 14.2. The molecular formula is C24H18F2N2O4. The van der Waals surface area contributed by atoms with Crippen molar-refractivity contribution < 1.29 is 27.9 Å². The third-order valence-corrected chi connectivity index (χ3v) is 5.44. The minimum atomic E-state index is -0.439. The van der Waals surface area contributed by atoms with Crippen molar-refractivity contribution in [1.82, 2.24) is 0 Å². The normalized spacial score (nSPS) is 16.0. The second-order valence-electron chi connectivity index (χ2n) is 7.38. The maximum atomic E-state index is 14.2. The quantitative estimate of drug-likeness (QED) is 0.569. The fourth-order valence-electron chi connectivity index (χ4n) is 4.11. The number of carbonyl (C=O) groups is 1. The van der Waals surface area contributed by atoms with Crippen LogP contribution in [-0.2, 0) is 27.5 Å². The third kappa shape index (κ3) is 3.38. The fourth-order valence-corrected chi connectivity index (χ4v) is 4.11. The van der Waals surface area contributed by atoms with Gasteiger partial charge in [0.2, 0.25) is 0 Å². The highest BCUT2D eigenvalue weighted by Crippen LogP contribution is 2.39. The molecule has 0 N–H and O–H groups in total. The van der Waals surface area contributed by atoms with Crippen molar-refractivity contribution in [2.24, 2.45) is 5.16 Å². The lowest BCUT2D eigenvalue weighted by atomic mass is 9.97. The van der Waals surface area contributed by atoms with Crippen LogP contribution in [-0.4, -0.2) is 25.5 Å². The van der Waals surface area contributed by atoms with E-state index in [9.17, 15) is 13.6 Å². The number of carbonyl (C=O) groups excluding carboxylic acids is 1. The predicted molar refractivity (Wildman–Crippen MR) is 113 cm³/mol. The van der Waals surface area contributed by atoms with Crippen LogP contribution in [0.2, 0.25) is 0 Å². The summed E-state index contributed by atoms with van der Waals surface area (Å²) in [7, 11) is 1.36. The molecule has 0 fully saturated rings. The zero-order valence-electron chi connectivity index (χ0n) is 17.1. The maximum Gasteiger partial charge on any atom is 0.281 e. The van der Waals surface area contributed by atoms with Crippen molar-refractivity contribution in [2.75, 3.05) is 18.8 Å². The Kier molecular flexibility index (Phi) is 5.07. The molecule has 3 aromatic carbocycles. The highest BCUT2D eigenvalue weighted by Gasteiger charge is 2.37. The van der Waals surface area contributed by atoms with Gasteiger partial charge >= 0.3 is 0 Å². The molecule has 0 bridgehead atoms. The van der Waals surface area contributed by atoms with Gasteiger partial charge < -0.3 is 19.2 Å². The van der Waals surface area contributed by atoms with Crippen molar-refractivity contribution >= 4 is 17.3 Å². The number of amides is 1. The van der Waals surface area contributed by atoms with Gasteiger partial charge in [0.05, 0.1) is 18.8 Å². The summed E-state index contributed by atoms with van der Waals surface area (Å²) in [5.41, 5.74) is 3.83. The van der Waals surface area contributed by atoms with Crippen molar-refractivity contribution in [1.29, 1.82) is 0 Å². The Hall–Kier alpha value is -3.78. The van der Waals surface area contributed by atoms with Crippen molar-refractivity contribution in [3.63, 3.8) is 0 Å². The lowest BCUT2D eigenvalue weighted by Crippen LogP contribution is -2.30. The first kappa shape index (κ1) is 20.1. The van der Waals surface area contributed by atoms with Crippen molar-refractivity contribution in [2.45, 2.75) is 13.2 Å². The number of anilines is 1. The molecule has 0 saturated carbocycles. The van der Waals surface area contributed by atoms with E-state index in [0.29, 0.717) is 33.7 Å². The number of halogens is 2. The third-order valence-electron chi connectivity index (χ3n) is 5.44. The molecule has 0 unspecified atom stereocenters. The average molecular weight is 436 g/mol. The molecule has 0 radical (unpaired) electrons. The summed E-state index contributed by atoms with van der Waals surface area (Å²) in [5, 5.41) is 3.97. The Balaban J connectivity index is 1.62. The summed E-state index contributed by atoms with van der Waals surface area (Å²) in [6.07, 6.45) is 0. The molecule has 1 amide bonds. The summed E-state index contributed by atoms with van der Waals surface area (Å²) in [4.78, 5) is 19.8. The summed E-state index contributed by atoms with van der Waals surface area (Å²) in [6, 6.07) is 14.1. The molecule has 32 heavy (non-hydrogen) atoms. The van der Waals surface area contributed by atoms with E-state index in [2.05, 4.69) is 5.16 Å². The summed E-state index contributed by atoms with van der Waals surface area (Å²) in [6.45, 7) is 0.360. The van der Waals surface area contributed by atoms with E-state index in [0.717, 1.165) is 5.56 Å². The van der Waals surface area contributed by atoms with E-state index in [-0.39, 0.29) is 37.4 Å². The van der Waals surface area contributed by atoms with Crippen LogP contribution in [0.25, 0.3) is 11.1 Å². The lowest BCUT2D eigenvalue weighted by molar-refractivity contribution is -0.112. The Morgan fingerprint density at radius 1 is 1.09 bits per heavy atom. The number of ether oxygens (including phenoxy) is 2. The first-order valence-corrected chi connectivity index (χ1v) is 9.91. The second kappa shape index (κ2) is 8.05. The predicted octanol–water partition coefficient (Wildman–Crippen LogP) is 4.40. The first-order valence-electron chi connectivity index (χ1n) is 9.91. The molecule has 3 aromatic rings. The Morgan fingerprint density at radius 3 is 2.69 bits per heavy atom. The highest BCUT2D eigenvalue weighted by molar-refractivity contribution is 6.55. The number of oxime groups is 1. The largest absolute Gasteiger partial charge is 0.467 e. The van der Waals surface area contributed by atoms with Gasteiger partial charge in [0.1, 0.15) is 24.5 Å². The second-order valence-corrected chi connectivity index (χ2v) is 7.38. The fraction of sp³-hybridized carbons (Fsp3) is 0.167. The summed E-state index contributed by atoms with van der Waals surface area (Å²) < 4.78 is 38.6. The van der Waals surface area contributed by atoms with E-state index in [4.69, 9.17) is 14.3 Å². The van der Waals surface area contributed by atoms with Gasteiger partial charge in [0, 0.05) is 16.7 Å². The molecule has 2 aliphatic rings. The van der Waals surface area contributed by atoms with Crippen LogP contribution in [0.1, 0.15) is 16.7 Å². The molecule has 8 heteroatoms. The zero-order valence-corrected chi connectivity index (χ0v) is 17.1. The Morgan fingerprint density at radius 2 is 1.91 bits per heavy atom. The molecule has 0 atom stereocenters. The topological polar surface area (TPSA) is 60.4 Å². The highest BCUT2D eigenvalue weighted by atomic mass is 19.1. The smallest absolute Gasteiger partial charge is 0.281 e. The van der Waals surface area contributed by atoms with Crippen molar-refractivity contribution in [3.05, 3.63) is 82.9 Å². The van der Waals surface area contributed by atoms with Gasteiger partial charge in [-0.1, -0.05) is 29.4 Å². The number of hydrogen-bond acceptors (Lipinski definition) is 5. The van der Waals surface area contributed by atoms with E-state index in [1.54, 1.807) is 24.3 Å². The van der Waals surface area contributed by atoms with Crippen LogP contribution >= 0.6 is 0 Å². The molecule has 2 aliphatic heterocycles. The summed E-state index contributed by atoms with van der Waals surface area (Å²) in [5.74, 6) is -0.671. The number of fused-ring (bicyclic) bond motifs is 2. The van der Waals surface area contributed by atoms with Gasteiger partial charge in [-0.3, -0.25) is 4.79 Å². The van der Waals surface area contributed by atoms with Gasteiger partial charge in [0.25, 0.3) is 5.91 Å². The lowest BCUT2D eigenvalue weighted by Gasteiger charge is -2.24. The molecule has 0 aromatic heterocycles. The van der Waals surface area contributed by atoms with E-state index in [1.807, 2.05) is 6.07 Å². The minimum absolute atomic E-state index is 0.0568. The number of hydrogen-bond donors (Lipinski definition) is 0. The van der Waals surface area contributed by atoms with E-state index < -0.39 is 5.82 Å². The van der Waals surface area contributed by atoms with Gasteiger partial charge in [0.15, 0.2) is 12.5 Å². The van der Waals surface area contributed by atoms with Crippen LogP contribution in [0.15, 0.2) is 59.8 Å². The standard InChI is InChI=1S/C24H18F2N2O4/c1-30-27-22-21-19(14-5-7-17(25)8-6-14)3-2-4-20(21)28(24(22)29)11-15-9-18(26)10-16-12-31-13-32-23(15)16/h2-10H,11-13H2,1H3/b27-22-. The molecule has 0 spiro atoms. The number of nitrogens with zero attached hydrogens (tertiary/aromatic N) is 2. The van der Waals surface area contributed by atoms with Crippen LogP contribution in [0.3, 0.4) is 0 Å². The molecule has 162 valence electrons. The molecular weight excluding hydrogens is 418 g/mol. The first-order chi connectivity index (χ1) is 15.6. The van der Waals surface area contributed by atoms with Crippen molar-refractivity contribution in [3.8, 4) is 16.9 Å². The van der Waals surface area contributed by atoms with Gasteiger partial charge in [-0.25, -0.2) is 8.78 Å². The van der Waals surface area contributed by atoms with E-state index in [1.165, 1.54) is 36.3 Å². The monoisotopic (exact) mass is 436 g/mol. The number of rotatable bonds is 4. The Labute approximate surface area is 182 Å².